The minimum Gasteiger partial charge on any atom is -0.352 e. The Morgan fingerprint density at radius 2 is 2.11 bits per heavy atom. The van der Waals surface area contributed by atoms with Crippen molar-refractivity contribution in [3.8, 4) is 0 Å². The van der Waals surface area contributed by atoms with Gasteiger partial charge in [0.25, 0.3) is 0 Å². The normalized spacial score (nSPS) is 26.5. The van der Waals surface area contributed by atoms with E-state index in [4.69, 9.17) is 5.73 Å². The molecule has 0 aromatic heterocycles. The number of carbonyl (C=O) groups is 2. The first-order chi connectivity index (χ1) is 9.11. The highest BCUT2D eigenvalue weighted by Crippen LogP contribution is 2.26. The SMILES string of the molecule is CN1CC(C(=O)NC(CN)C2CCCCC2)CC1=O. The average molecular weight is 267 g/mol. The molecule has 2 amide bonds. The fraction of sp³-hybridized carbons (Fsp3) is 0.857. The third-order valence-electron chi connectivity index (χ3n) is 4.51. The zero-order chi connectivity index (χ0) is 13.8. The Morgan fingerprint density at radius 1 is 1.42 bits per heavy atom. The number of nitrogens with zero attached hydrogens (tertiary/aromatic N) is 1. The van der Waals surface area contributed by atoms with Gasteiger partial charge in [0, 0.05) is 32.6 Å². The molecule has 1 saturated carbocycles. The van der Waals surface area contributed by atoms with Gasteiger partial charge < -0.3 is 16.0 Å². The molecule has 1 saturated heterocycles. The monoisotopic (exact) mass is 267 g/mol. The second-order valence-corrected chi connectivity index (χ2v) is 5.92. The lowest BCUT2D eigenvalue weighted by molar-refractivity contribution is -0.128. The fourth-order valence-corrected chi connectivity index (χ4v) is 3.25. The number of hydrogen-bond donors (Lipinski definition) is 2. The van der Waals surface area contributed by atoms with Gasteiger partial charge in [-0.3, -0.25) is 9.59 Å². The van der Waals surface area contributed by atoms with E-state index in [0.29, 0.717) is 25.4 Å². The largest absolute Gasteiger partial charge is 0.352 e. The number of nitrogens with one attached hydrogen (secondary N) is 1. The van der Waals surface area contributed by atoms with E-state index >= 15 is 0 Å². The van der Waals surface area contributed by atoms with Crippen molar-refractivity contribution in [3.63, 3.8) is 0 Å². The summed E-state index contributed by atoms with van der Waals surface area (Å²) in [6, 6.07) is 0.0776. The molecule has 1 heterocycles. The molecule has 19 heavy (non-hydrogen) atoms. The van der Waals surface area contributed by atoms with E-state index in [9.17, 15) is 9.59 Å². The summed E-state index contributed by atoms with van der Waals surface area (Å²) in [6.45, 7) is 1.03. The lowest BCUT2D eigenvalue weighted by atomic mass is 9.83. The fourth-order valence-electron chi connectivity index (χ4n) is 3.25. The van der Waals surface area contributed by atoms with Crippen molar-refractivity contribution in [2.75, 3.05) is 20.1 Å². The van der Waals surface area contributed by atoms with Crippen LogP contribution in [0.4, 0.5) is 0 Å². The van der Waals surface area contributed by atoms with Crippen molar-refractivity contribution in [1.82, 2.24) is 10.2 Å². The molecule has 2 rings (SSSR count). The van der Waals surface area contributed by atoms with Crippen LogP contribution in [0.2, 0.25) is 0 Å². The molecule has 0 bridgehead atoms. The van der Waals surface area contributed by atoms with E-state index in [-0.39, 0.29) is 23.8 Å². The summed E-state index contributed by atoms with van der Waals surface area (Å²) in [7, 11) is 1.75. The molecule has 0 radical (unpaired) electrons. The number of hydrogen-bond acceptors (Lipinski definition) is 3. The van der Waals surface area contributed by atoms with Gasteiger partial charge in [-0.2, -0.15) is 0 Å². The van der Waals surface area contributed by atoms with E-state index in [1.807, 2.05) is 0 Å². The maximum absolute atomic E-state index is 12.2. The maximum Gasteiger partial charge on any atom is 0.225 e. The van der Waals surface area contributed by atoms with Crippen molar-refractivity contribution < 1.29 is 9.59 Å². The summed E-state index contributed by atoms with van der Waals surface area (Å²) < 4.78 is 0. The molecule has 2 fully saturated rings. The molecule has 2 unspecified atom stereocenters. The van der Waals surface area contributed by atoms with Crippen molar-refractivity contribution in [3.05, 3.63) is 0 Å². The van der Waals surface area contributed by atoms with Crippen molar-refractivity contribution in [2.45, 2.75) is 44.6 Å². The summed E-state index contributed by atoms with van der Waals surface area (Å²) in [5, 5.41) is 3.08. The third kappa shape index (κ3) is 3.47. The molecule has 1 aliphatic carbocycles. The molecule has 2 aliphatic rings. The van der Waals surface area contributed by atoms with Crippen LogP contribution in [-0.4, -0.2) is 42.9 Å². The molecular weight excluding hydrogens is 242 g/mol. The van der Waals surface area contributed by atoms with E-state index in [1.165, 1.54) is 19.3 Å². The van der Waals surface area contributed by atoms with E-state index in [1.54, 1.807) is 11.9 Å². The summed E-state index contributed by atoms with van der Waals surface area (Å²) in [6.07, 6.45) is 6.43. The van der Waals surface area contributed by atoms with Gasteiger partial charge in [-0.15, -0.1) is 0 Å². The number of likely N-dealkylation sites (tertiary alicyclic amines) is 1. The first-order valence-electron chi connectivity index (χ1n) is 7.36. The van der Waals surface area contributed by atoms with E-state index < -0.39 is 0 Å². The van der Waals surface area contributed by atoms with Crippen LogP contribution in [0.15, 0.2) is 0 Å². The lowest BCUT2D eigenvalue weighted by Gasteiger charge is -2.30. The molecule has 3 N–H and O–H groups in total. The zero-order valence-corrected chi connectivity index (χ0v) is 11.7. The molecule has 108 valence electrons. The van der Waals surface area contributed by atoms with Gasteiger partial charge >= 0.3 is 0 Å². The van der Waals surface area contributed by atoms with Crippen LogP contribution in [0, 0.1) is 11.8 Å². The summed E-state index contributed by atoms with van der Waals surface area (Å²) in [5.74, 6) is 0.369. The lowest BCUT2D eigenvalue weighted by Crippen LogP contribution is -2.48. The van der Waals surface area contributed by atoms with Crippen LogP contribution in [-0.2, 0) is 9.59 Å². The Balaban J connectivity index is 1.87. The standard InChI is InChI=1S/C14H25N3O2/c1-17-9-11(7-13(17)18)14(19)16-12(8-15)10-5-3-2-4-6-10/h10-12H,2-9,15H2,1H3,(H,16,19). The third-order valence-corrected chi connectivity index (χ3v) is 4.51. The highest BCUT2D eigenvalue weighted by atomic mass is 16.2. The highest BCUT2D eigenvalue weighted by molar-refractivity contribution is 5.89. The van der Waals surface area contributed by atoms with Gasteiger partial charge in [0.2, 0.25) is 11.8 Å². The zero-order valence-electron chi connectivity index (χ0n) is 11.7. The molecule has 0 spiro atoms. The highest BCUT2D eigenvalue weighted by Gasteiger charge is 2.34. The predicted octanol–water partition coefficient (Wildman–Crippen LogP) is 0.489. The Labute approximate surface area is 114 Å². The van der Waals surface area contributed by atoms with Crippen molar-refractivity contribution >= 4 is 11.8 Å². The molecule has 0 aromatic carbocycles. The molecule has 2 atom stereocenters. The average Bonchev–Trinajstić information content (AvgIpc) is 2.77. The predicted molar refractivity (Wildman–Crippen MR) is 73.3 cm³/mol. The van der Waals surface area contributed by atoms with Gasteiger partial charge in [0.05, 0.1) is 5.92 Å². The van der Waals surface area contributed by atoms with E-state index in [0.717, 1.165) is 12.8 Å². The number of rotatable bonds is 4. The van der Waals surface area contributed by atoms with Crippen LogP contribution in [0.3, 0.4) is 0 Å². The van der Waals surface area contributed by atoms with Crippen LogP contribution in [0.25, 0.3) is 0 Å². The maximum atomic E-state index is 12.2. The van der Waals surface area contributed by atoms with Crippen LogP contribution >= 0.6 is 0 Å². The number of amides is 2. The second-order valence-electron chi connectivity index (χ2n) is 5.92. The Hall–Kier alpha value is -1.10. The Bertz CT molecular complexity index is 340. The minimum absolute atomic E-state index is 0.00118. The smallest absolute Gasteiger partial charge is 0.225 e. The molecule has 5 nitrogen and oxygen atoms in total. The molecule has 5 heteroatoms. The van der Waals surface area contributed by atoms with Gasteiger partial charge in [-0.05, 0) is 18.8 Å². The van der Waals surface area contributed by atoms with Gasteiger partial charge in [-0.25, -0.2) is 0 Å². The summed E-state index contributed by atoms with van der Waals surface area (Å²) in [4.78, 5) is 25.3. The van der Waals surface area contributed by atoms with Gasteiger partial charge in [0.15, 0.2) is 0 Å². The van der Waals surface area contributed by atoms with Gasteiger partial charge in [-0.1, -0.05) is 19.3 Å². The number of carbonyl (C=O) groups excluding carboxylic acids is 2. The topological polar surface area (TPSA) is 75.4 Å². The van der Waals surface area contributed by atoms with Crippen molar-refractivity contribution in [2.24, 2.45) is 17.6 Å². The van der Waals surface area contributed by atoms with Crippen LogP contribution < -0.4 is 11.1 Å². The molecule has 0 aromatic rings. The molecule has 1 aliphatic heterocycles. The summed E-state index contributed by atoms with van der Waals surface area (Å²) in [5.41, 5.74) is 5.81. The number of nitrogens with two attached hydrogens (primary N) is 1. The summed E-state index contributed by atoms with van der Waals surface area (Å²) >= 11 is 0. The van der Waals surface area contributed by atoms with Crippen LogP contribution in [0.5, 0.6) is 0 Å². The van der Waals surface area contributed by atoms with Gasteiger partial charge in [0.1, 0.15) is 0 Å². The first-order valence-corrected chi connectivity index (χ1v) is 7.36. The molecular formula is C14H25N3O2. The van der Waals surface area contributed by atoms with Crippen LogP contribution in [0.1, 0.15) is 38.5 Å². The first kappa shape index (κ1) is 14.3. The quantitative estimate of drug-likeness (QED) is 0.778. The second kappa shape index (κ2) is 6.37. The van der Waals surface area contributed by atoms with Crippen molar-refractivity contribution in [1.29, 1.82) is 0 Å². The van der Waals surface area contributed by atoms with E-state index in [2.05, 4.69) is 5.32 Å². The Kier molecular flexibility index (Phi) is 4.80. The Morgan fingerprint density at radius 3 is 2.63 bits per heavy atom. The minimum atomic E-state index is -0.199.